The summed E-state index contributed by atoms with van der Waals surface area (Å²) < 4.78 is 4.40. The van der Waals surface area contributed by atoms with Gasteiger partial charge in [-0.25, -0.2) is 0 Å². The molecule has 0 aromatic carbocycles. The number of esters is 1. The predicted octanol–water partition coefficient (Wildman–Crippen LogP) is 4.58. The highest BCUT2D eigenvalue weighted by Crippen LogP contribution is 1.95. The second-order valence-electron chi connectivity index (χ2n) is 3.05. The smallest absolute Gasteiger partial charge is 0.302 e. The Bertz CT molecular complexity index is 117. The van der Waals surface area contributed by atoms with Crippen LogP contribution in [-0.2, 0) is 9.53 Å². The van der Waals surface area contributed by atoms with Crippen molar-refractivity contribution in [2.24, 2.45) is 0 Å². The number of ether oxygens (including phenoxy) is 1. The van der Waals surface area contributed by atoms with Gasteiger partial charge in [0.15, 0.2) is 0 Å². The van der Waals surface area contributed by atoms with E-state index in [0.717, 1.165) is 0 Å². The number of halogens is 2. The number of unbranched alkanes of at least 4 members (excludes halogenated alkanes) is 3. The van der Waals surface area contributed by atoms with Gasteiger partial charge in [0.25, 0.3) is 0 Å². The molecule has 0 aliphatic heterocycles. The van der Waals surface area contributed by atoms with Gasteiger partial charge in [-0.1, -0.05) is 39.5 Å². The molecule has 0 atom stereocenters. The summed E-state index contributed by atoms with van der Waals surface area (Å²) in [5, 5.41) is 7.76. The van der Waals surface area contributed by atoms with Gasteiger partial charge >= 0.3 is 5.97 Å². The third-order valence-corrected chi connectivity index (χ3v) is 1.30. The molecule has 114 valence electrons. The molecule has 0 heterocycles. The lowest BCUT2D eigenvalue weighted by Gasteiger charge is -1.89. The molecule has 0 saturated heterocycles. The molecule has 0 aromatic rings. The van der Waals surface area contributed by atoms with Gasteiger partial charge in [0, 0.05) is 13.5 Å². The quantitative estimate of drug-likeness (QED) is 0.470. The van der Waals surface area contributed by atoms with Crippen LogP contribution >= 0.6 is 23.2 Å². The maximum absolute atomic E-state index is 9.82. The van der Waals surface area contributed by atoms with Crippen LogP contribution in [0.3, 0.4) is 0 Å². The summed E-state index contributed by atoms with van der Waals surface area (Å²) in [4.78, 5) is 9.82. The Morgan fingerprint density at radius 2 is 1.33 bits per heavy atom. The number of aliphatic hydroxyl groups excluding tert-OH is 1. The molecule has 0 fully saturated rings. The fourth-order valence-electron chi connectivity index (χ4n) is 0.703. The van der Waals surface area contributed by atoms with Crippen LogP contribution in [0.4, 0.5) is 0 Å². The van der Waals surface area contributed by atoms with Crippen molar-refractivity contribution in [3.8, 4) is 0 Å². The predicted molar refractivity (Wildman–Crippen MR) is 81.5 cm³/mol. The Labute approximate surface area is 123 Å². The molecule has 0 saturated carbocycles. The van der Waals surface area contributed by atoms with Crippen LogP contribution in [0.5, 0.6) is 0 Å². The van der Waals surface area contributed by atoms with Crippen LogP contribution in [0.1, 0.15) is 60.3 Å². The normalized spacial score (nSPS) is 7.56. The molecule has 0 aliphatic carbocycles. The molecule has 0 rings (SSSR count). The highest BCUT2D eigenvalue weighted by molar-refractivity contribution is 6.40. The number of aliphatic hydroxyl groups is 1. The number of alkyl halides is 2. The maximum Gasteiger partial charge on any atom is 0.302 e. The van der Waals surface area contributed by atoms with Gasteiger partial charge in [0.05, 0.1) is 11.9 Å². The average molecular weight is 305 g/mol. The molecular weight excluding hydrogens is 275 g/mol. The highest BCUT2D eigenvalue weighted by Gasteiger charge is 1.81. The minimum absolute atomic E-state index is 0.194. The zero-order valence-electron chi connectivity index (χ0n) is 12.5. The largest absolute Gasteiger partial charge is 0.466 e. The van der Waals surface area contributed by atoms with Crippen LogP contribution in [0, 0.1) is 0 Å². The molecular formula is C13H30Cl2O3. The van der Waals surface area contributed by atoms with Crippen molar-refractivity contribution in [1.82, 2.24) is 0 Å². The summed E-state index contributed by atoms with van der Waals surface area (Å²) in [6, 6.07) is 0. The molecule has 0 radical (unpaired) electrons. The Morgan fingerprint density at radius 1 is 1.06 bits per heavy atom. The van der Waals surface area contributed by atoms with E-state index in [1.54, 1.807) is 13.8 Å². The van der Waals surface area contributed by atoms with E-state index in [1.165, 1.54) is 32.6 Å². The molecule has 5 heteroatoms. The molecule has 0 aromatic heterocycles. The van der Waals surface area contributed by atoms with Crippen molar-refractivity contribution in [2.45, 2.75) is 60.3 Å². The molecule has 0 bridgehead atoms. The lowest BCUT2D eigenvalue weighted by atomic mass is 10.2. The first-order valence-corrected chi connectivity index (χ1v) is 7.45. The van der Waals surface area contributed by atoms with Crippen molar-refractivity contribution in [3.05, 3.63) is 0 Å². The van der Waals surface area contributed by atoms with E-state index >= 15 is 0 Å². The summed E-state index contributed by atoms with van der Waals surface area (Å²) in [5.41, 5.74) is 0. The Kier molecular flexibility index (Phi) is 53.1. The molecule has 1 N–H and O–H groups in total. The van der Waals surface area contributed by atoms with E-state index in [4.69, 9.17) is 28.3 Å². The van der Waals surface area contributed by atoms with E-state index in [1.807, 2.05) is 0 Å². The SMILES string of the molecule is CCCCCC.CCO.CCOC(C)=O.ClCCl. The zero-order valence-corrected chi connectivity index (χ0v) is 14.0. The van der Waals surface area contributed by atoms with Crippen molar-refractivity contribution in [1.29, 1.82) is 0 Å². The summed E-state index contributed by atoms with van der Waals surface area (Å²) in [6.45, 7) is 10.0. The summed E-state index contributed by atoms with van der Waals surface area (Å²) in [7, 11) is 0. The molecule has 18 heavy (non-hydrogen) atoms. The van der Waals surface area contributed by atoms with Crippen molar-refractivity contribution >= 4 is 29.2 Å². The van der Waals surface area contributed by atoms with Crippen molar-refractivity contribution in [2.75, 3.05) is 18.6 Å². The zero-order chi connectivity index (χ0) is 15.2. The topological polar surface area (TPSA) is 46.5 Å². The molecule has 0 unspecified atom stereocenters. The molecule has 0 amide bonds. The minimum atomic E-state index is -0.211. The fourth-order valence-corrected chi connectivity index (χ4v) is 0.703. The van der Waals surface area contributed by atoms with E-state index < -0.39 is 0 Å². The Morgan fingerprint density at radius 3 is 1.39 bits per heavy atom. The second-order valence-corrected chi connectivity index (χ2v) is 3.86. The van der Waals surface area contributed by atoms with Gasteiger partial charge in [-0.15, -0.1) is 23.2 Å². The lowest BCUT2D eigenvalue weighted by Crippen LogP contribution is -1.95. The van der Waals surface area contributed by atoms with Crippen LogP contribution in [-0.4, -0.2) is 29.6 Å². The Hall–Kier alpha value is 0.01000. The third-order valence-electron chi connectivity index (χ3n) is 1.30. The fraction of sp³-hybridized carbons (Fsp3) is 0.923. The van der Waals surface area contributed by atoms with Crippen LogP contribution < -0.4 is 0 Å². The third kappa shape index (κ3) is 99.9. The number of carbonyl (C=O) groups excluding carboxylic acids is 1. The highest BCUT2D eigenvalue weighted by atomic mass is 35.5. The number of hydrogen-bond donors (Lipinski definition) is 1. The van der Waals surface area contributed by atoms with E-state index in [2.05, 4.69) is 18.6 Å². The van der Waals surface area contributed by atoms with Gasteiger partial charge in [-0.3, -0.25) is 4.79 Å². The van der Waals surface area contributed by atoms with E-state index in [0.29, 0.717) is 6.61 Å². The first-order valence-electron chi connectivity index (χ1n) is 6.38. The van der Waals surface area contributed by atoms with Gasteiger partial charge in [-0.05, 0) is 13.8 Å². The van der Waals surface area contributed by atoms with Gasteiger partial charge in [-0.2, -0.15) is 0 Å². The molecule has 0 aliphatic rings. The maximum atomic E-state index is 9.82. The van der Waals surface area contributed by atoms with Crippen LogP contribution in [0.15, 0.2) is 0 Å². The van der Waals surface area contributed by atoms with Crippen molar-refractivity contribution in [3.63, 3.8) is 0 Å². The van der Waals surface area contributed by atoms with Gasteiger partial charge < -0.3 is 9.84 Å². The summed E-state index contributed by atoms with van der Waals surface area (Å²) in [5.74, 6) is -0.211. The van der Waals surface area contributed by atoms with E-state index in [9.17, 15) is 4.79 Å². The number of rotatable bonds is 4. The van der Waals surface area contributed by atoms with Crippen LogP contribution in [0.2, 0.25) is 0 Å². The first-order chi connectivity index (χ1) is 8.51. The first kappa shape index (κ1) is 26.5. The van der Waals surface area contributed by atoms with Gasteiger partial charge in [0.1, 0.15) is 0 Å². The summed E-state index contributed by atoms with van der Waals surface area (Å²) in [6.07, 6.45) is 5.54. The molecule has 3 nitrogen and oxygen atoms in total. The Balaban J connectivity index is -0.0000000770. The number of carbonyl (C=O) groups is 1. The summed E-state index contributed by atoms with van der Waals surface area (Å²) >= 11 is 9.53. The minimum Gasteiger partial charge on any atom is -0.466 e. The average Bonchev–Trinajstić information content (AvgIpc) is 2.29. The second kappa shape index (κ2) is 36.0. The lowest BCUT2D eigenvalue weighted by molar-refractivity contribution is -0.140. The number of hydrogen-bond acceptors (Lipinski definition) is 3. The standard InChI is InChI=1S/C6H14.C4H8O2.C2H6O.CH2Cl2/c1-3-5-6-4-2;1-3-6-4(2)5;1-2-3;2-1-3/h3-6H2,1-2H3;3H2,1-2H3;3H,2H2,1H3;1H2. The monoisotopic (exact) mass is 304 g/mol. The van der Waals surface area contributed by atoms with Crippen LogP contribution in [0.25, 0.3) is 0 Å². The van der Waals surface area contributed by atoms with Gasteiger partial charge in [0.2, 0.25) is 0 Å². The van der Waals surface area contributed by atoms with E-state index in [-0.39, 0.29) is 17.9 Å². The van der Waals surface area contributed by atoms with Crippen molar-refractivity contribution < 1.29 is 14.6 Å². The molecule has 0 spiro atoms.